The van der Waals surface area contributed by atoms with Crippen LogP contribution in [-0.2, 0) is 4.74 Å². The molecule has 3 nitrogen and oxygen atoms in total. The summed E-state index contributed by atoms with van der Waals surface area (Å²) in [5.74, 6) is 1.28. The predicted octanol–water partition coefficient (Wildman–Crippen LogP) is 0.513. The number of aliphatic hydroxyl groups is 1. The van der Waals surface area contributed by atoms with E-state index < -0.39 is 5.54 Å². The monoisotopic (exact) mass is 185 g/mol. The maximum Gasteiger partial charge on any atom is 0.0671 e. The highest BCUT2D eigenvalue weighted by molar-refractivity contribution is 4.98. The van der Waals surface area contributed by atoms with Crippen molar-refractivity contribution in [1.29, 1.82) is 0 Å². The van der Waals surface area contributed by atoms with E-state index >= 15 is 0 Å². The molecule has 2 rings (SSSR count). The number of aliphatic hydroxyl groups excluding tert-OH is 1. The van der Waals surface area contributed by atoms with Crippen molar-refractivity contribution in [2.75, 3.05) is 19.8 Å². The van der Waals surface area contributed by atoms with Crippen molar-refractivity contribution < 1.29 is 9.84 Å². The molecule has 0 bridgehead atoms. The number of ether oxygens (including phenoxy) is 1. The van der Waals surface area contributed by atoms with Crippen LogP contribution in [-0.4, -0.2) is 30.5 Å². The first-order chi connectivity index (χ1) is 6.24. The Hall–Kier alpha value is -0.120. The van der Waals surface area contributed by atoms with Gasteiger partial charge in [-0.3, -0.25) is 0 Å². The Bertz CT molecular complexity index is 178. The molecule has 1 atom stereocenters. The van der Waals surface area contributed by atoms with E-state index in [4.69, 9.17) is 10.5 Å². The van der Waals surface area contributed by atoms with Gasteiger partial charge in [-0.25, -0.2) is 0 Å². The van der Waals surface area contributed by atoms with E-state index in [2.05, 4.69) is 0 Å². The minimum absolute atomic E-state index is 0.0579. The first-order valence-electron chi connectivity index (χ1n) is 5.22. The summed E-state index contributed by atoms with van der Waals surface area (Å²) in [5.41, 5.74) is 5.58. The summed E-state index contributed by atoms with van der Waals surface area (Å²) in [6, 6.07) is 0. The Morgan fingerprint density at radius 1 is 1.31 bits per heavy atom. The van der Waals surface area contributed by atoms with Gasteiger partial charge >= 0.3 is 0 Å². The van der Waals surface area contributed by atoms with E-state index in [1.807, 2.05) is 0 Å². The molecule has 0 aromatic heterocycles. The summed E-state index contributed by atoms with van der Waals surface area (Å²) >= 11 is 0. The summed E-state index contributed by atoms with van der Waals surface area (Å²) in [4.78, 5) is 0. The molecule has 0 saturated heterocycles. The van der Waals surface area contributed by atoms with E-state index in [0.717, 1.165) is 25.4 Å². The number of nitrogens with two attached hydrogens (primary N) is 1. The van der Waals surface area contributed by atoms with Crippen LogP contribution in [0.1, 0.15) is 25.7 Å². The Labute approximate surface area is 79.3 Å². The predicted molar refractivity (Wildman–Crippen MR) is 50.3 cm³/mol. The van der Waals surface area contributed by atoms with Crippen LogP contribution in [0.4, 0.5) is 0 Å². The van der Waals surface area contributed by atoms with Crippen LogP contribution in [0.2, 0.25) is 0 Å². The summed E-state index contributed by atoms with van der Waals surface area (Å²) in [6.07, 6.45) is 4.92. The lowest BCUT2D eigenvalue weighted by Gasteiger charge is -2.26. The zero-order chi connectivity index (χ0) is 9.31. The smallest absolute Gasteiger partial charge is 0.0671 e. The number of hydrogen-bond donors (Lipinski definition) is 2. The molecule has 2 aliphatic rings. The first kappa shape index (κ1) is 9.44. The lowest BCUT2D eigenvalue weighted by molar-refractivity contribution is 0.0396. The summed E-state index contributed by atoms with van der Waals surface area (Å²) in [7, 11) is 0. The van der Waals surface area contributed by atoms with Gasteiger partial charge in [-0.2, -0.15) is 0 Å². The molecule has 3 heteroatoms. The Morgan fingerprint density at radius 3 is 2.46 bits per heavy atom. The van der Waals surface area contributed by atoms with E-state index in [9.17, 15) is 5.11 Å². The van der Waals surface area contributed by atoms with E-state index in [-0.39, 0.29) is 6.61 Å². The van der Waals surface area contributed by atoms with Gasteiger partial charge in [0.25, 0.3) is 0 Å². The zero-order valence-corrected chi connectivity index (χ0v) is 8.04. The van der Waals surface area contributed by atoms with Gasteiger partial charge in [0.15, 0.2) is 0 Å². The standard InChI is InChI=1S/C10H19NO2/c11-10(6-12,9-3-4-9)7-13-5-8-1-2-8/h8-9,12H,1-7,11H2. The van der Waals surface area contributed by atoms with Gasteiger partial charge in [-0.15, -0.1) is 0 Å². The van der Waals surface area contributed by atoms with Crippen molar-refractivity contribution in [3.63, 3.8) is 0 Å². The molecular formula is C10H19NO2. The van der Waals surface area contributed by atoms with Crippen molar-refractivity contribution >= 4 is 0 Å². The first-order valence-corrected chi connectivity index (χ1v) is 5.22. The summed E-state index contributed by atoms with van der Waals surface area (Å²) in [5, 5.41) is 9.17. The topological polar surface area (TPSA) is 55.5 Å². The van der Waals surface area contributed by atoms with Crippen molar-refractivity contribution in [1.82, 2.24) is 0 Å². The Balaban J connectivity index is 1.68. The lowest BCUT2D eigenvalue weighted by atomic mass is 9.97. The van der Waals surface area contributed by atoms with Crippen LogP contribution < -0.4 is 5.73 Å². The third-order valence-corrected chi connectivity index (χ3v) is 3.11. The zero-order valence-electron chi connectivity index (χ0n) is 8.04. The lowest BCUT2D eigenvalue weighted by Crippen LogP contribution is -2.50. The van der Waals surface area contributed by atoms with Crippen LogP contribution in [0.15, 0.2) is 0 Å². The highest BCUT2D eigenvalue weighted by Gasteiger charge is 2.42. The second-order valence-electron chi connectivity index (χ2n) is 4.62. The summed E-state index contributed by atoms with van der Waals surface area (Å²) in [6.45, 7) is 1.43. The third-order valence-electron chi connectivity index (χ3n) is 3.11. The molecule has 0 aromatic rings. The van der Waals surface area contributed by atoms with Gasteiger partial charge in [0.05, 0.1) is 18.8 Å². The molecule has 2 fully saturated rings. The molecule has 2 saturated carbocycles. The summed E-state index contributed by atoms with van der Waals surface area (Å²) < 4.78 is 5.53. The van der Waals surface area contributed by atoms with Crippen molar-refractivity contribution in [3.05, 3.63) is 0 Å². The van der Waals surface area contributed by atoms with Gasteiger partial charge in [0.2, 0.25) is 0 Å². The van der Waals surface area contributed by atoms with Gasteiger partial charge in [-0.1, -0.05) is 0 Å². The average molecular weight is 185 g/mol. The normalized spacial score (nSPS) is 27.2. The van der Waals surface area contributed by atoms with Crippen LogP contribution in [0.3, 0.4) is 0 Å². The quantitative estimate of drug-likeness (QED) is 0.634. The molecule has 0 spiro atoms. The average Bonchev–Trinajstić information content (AvgIpc) is 2.96. The largest absolute Gasteiger partial charge is 0.394 e. The number of rotatable bonds is 6. The fraction of sp³-hybridized carbons (Fsp3) is 1.00. The third kappa shape index (κ3) is 2.42. The molecule has 2 aliphatic carbocycles. The van der Waals surface area contributed by atoms with Gasteiger partial charge in [0.1, 0.15) is 0 Å². The number of hydrogen-bond acceptors (Lipinski definition) is 3. The SMILES string of the molecule is NC(CO)(COCC1CC1)C1CC1. The molecule has 0 heterocycles. The van der Waals surface area contributed by atoms with Gasteiger partial charge in [-0.05, 0) is 37.5 Å². The minimum Gasteiger partial charge on any atom is -0.394 e. The molecule has 0 radical (unpaired) electrons. The van der Waals surface area contributed by atoms with Crippen molar-refractivity contribution in [3.8, 4) is 0 Å². The van der Waals surface area contributed by atoms with Crippen LogP contribution in [0.5, 0.6) is 0 Å². The maximum absolute atomic E-state index is 9.17. The maximum atomic E-state index is 9.17. The highest BCUT2D eigenvalue weighted by atomic mass is 16.5. The Kier molecular flexibility index (Phi) is 2.58. The molecule has 3 N–H and O–H groups in total. The van der Waals surface area contributed by atoms with Gasteiger partial charge < -0.3 is 15.6 Å². The van der Waals surface area contributed by atoms with E-state index in [1.54, 1.807) is 0 Å². The van der Waals surface area contributed by atoms with Crippen LogP contribution in [0, 0.1) is 11.8 Å². The fourth-order valence-electron chi connectivity index (χ4n) is 1.65. The molecule has 0 amide bonds. The Morgan fingerprint density at radius 2 is 2.00 bits per heavy atom. The van der Waals surface area contributed by atoms with Crippen LogP contribution >= 0.6 is 0 Å². The molecule has 76 valence electrons. The minimum atomic E-state index is -0.450. The van der Waals surface area contributed by atoms with Crippen molar-refractivity contribution in [2.45, 2.75) is 31.2 Å². The second-order valence-corrected chi connectivity index (χ2v) is 4.62. The molecular weight excluding hydrogens is 166 g/mol. The van der Waals surface area contributed by atoms with Crippen LogP contribution in [0.25, 0.3) is 0 Å². The fourth-order valence-corrected chi connectivity index (χ4v) is 1.65. The van der Waals surface area contributed by atoms with E-state index in [0.29, 0.717) is 12.5 Å². The molecule has 0 aromatic carbocycles. The molecule has 13 heavy (non-hydrogen) atoms. The van der Waals surface area contributed by atoms with E-state index in [1.165, 1.54) is 12.8 Å². The molecule has 0 aliphatic heterocycles. The highest BCUT2D eigenvalue weighted by Crippen LogP contribution is 2.38. The van der Waals surface area contributed by atoms with Crippen molar-refractivity contribution in [2.24, 2.45) is 17.6 Å². The second kappa shape index (κ2) is 3.56. The van der Waals surface area contributed by atoms with Gasteiger partial charge in [0, 0.05) is 6.61 Å². The molecule has 1 unspecified atom stereocenters.